The number of allylic oxidation sites excluding steroid dienone is 2. The van der Waals surface area contributed by atoms with Crippen LogP contribution < -0.4 is 5.73 Å². The minimum absolute atomic E-state index is 0.565. The zero-order chi connectivity index (χ0) is 21.5. The van der Waals surface area contributed by atoms with Crippen molar-refractivity contribution < 1.29 is 30.9 Å². The van der Waals surface area contributed by atoms with E-state index in [1.807, 2.05) is 12.2 Å². The number of quaternary nitrogens is 1. The maximum atomic E-state index is 9.87. The third-order valence-electron chi connectivity index (χ3n) is 4.28. The van der Waals surface area contributed by atoms with Gasteiger partial charge in [0.1, 0.15) is 0 Å². The number of unbranched alkanes of at least 4 members (excludes halogenated alkanes) is 8. The van der Waals surface area contributed by atoms with Gasteiger partial charge in [0.2, 0.25) is 0 Å². The molecule has 0 fully saturated rings. The Kier molecular flexibility index (Phi) is 13.6. The summed E-state index contributed by atoms with van der Waals surface area (Å²) in [4.78, 5) is 0. The van der Waals surface area contributed by atoms with Gasteiger partial charge in [-0.15, -0.1) is 13.2 Å². The van der Waals surface area contributed by atoms with E-state index in [9.17, 15) is 25.2 Å². The van der Waals surface area contributed by atoms with Gasteiger partial charge in [-0.25, -0.2) is 0 Å². The van der Waals surface area contributed by atoms with Gasteiger partial charge < -0.3 is 5.73 Å². The first kappa shape index (κ1) is 28.7. The van der Waals surface area contributed by atoms with E-state index in [-0.39, 0.29) is 0 Å². The summed E-state index contributed by atoms with van der Waals surface area (Å²) in [5.41, 5.74) is 4.35. The fraction of sp³-hybridized carbons (Fsp3) is 0.789. The average Bonchev–Trinajstić information content (AvgIpc) is 2.50. The van der Waals surface area contributed by atoms with Crippen molar-refractivity contribution in [3.63, 3.8) is 0 Å². The molecule has 0 rings (SSSR count). The predicted molar refractivity (Wildman–Crippen MR) is 105 cm³/mol. The first-order valence-electron chi connectivity index (χ1n) is 9.82. The summed E-state index contributed by atoms with van der Waals surface area (Å²) in [7, 11) is -10.7. The van der Waals surface area contributed by atoms with E-state index < -0.39 is 7.81 Å². The van der Waals surface area contributed by atoms with E-state index in [2.05, 4.69) is 25.8 Å². The van der Waals surface area contributed by atoms with Crippen LogP contribution in [0.5, 0.6) is 0 Å². The van der Waals surface area contributed by atoms with Gasteiger partial charge in [0.15, 0.2) is 0 Å². The van der Waals surface area contributed by atoms with Gasteiger partial charge in [-0.2, -0.15) is 0 Å². The molecule has 1 unspecified atom stereocenters. The standard InChI is InChI=1S/C19H37N.F6P/c1-4-7-8-9-10-11-12-13-14-17-19(20)18(15-5-2)16-6-3;1-7(2,3,4,5)6/h5-6,18-19H,2-4,7-17,20H2,1H3;/q;-1/p+1. The van der Waals surface area contributed by atoms with Gasteiger partial charge in [-0.3, -0.25) is 0 Å². The van der Waals surface area contributed by atoms with Crippen LogP contribution in [-0.4, -0.2) is 6.04 Å². The fourth-order valence-electron chi connectivity index (χ4n) is 2.86. The molecule has 0 aromatic rings. The van der Waals surface area contributed by atoms with E-state index in [1.54, 1.807) is 0 Å². The normalized spacial score (nSPS) is 15.3. The van der Waals surface area contributed by atoms with Crippen LogP contribution in [-0.2, 0) is 0 Å². The first-order chi connectivity index (χ1) is 12.2. The third-order valence-corrected chi connectivity index (χ3v) is 4.28. The number of halogens is 6. The molecule has 0 heterocycles. The summed E-state index contributed by atoms with van der Waals surface area (Å²) in [6, 6.07) is 0.565. The van der Waals surface area contributed by atoms with Gasteiger partial charge >= 0.3 is 33.0 Å². The molecule has 166 valence electrons. The Labute approximate surface area is 160 Å². The molecule has 27 heavy (non-hydrogen) atoms. The van der Waals surface area contributed by atoms with Crippen molar-refractivity contribution in [3.8, 4) is 0 Å². The van der Waals surface area contributed by atoms with Crippen LogP contribution in [0.25, 0.3) is 0 Å². The monoisotopic (exact) mass is 425 g/mol. The average molecular weight is 425 g/mol. The molecule has 0 aliphatic carbocycles. The van der Waals surface area contributed by atoms with Crippen molar-refractivity contribution in [3.05, 3.63) is 25.3 Å². The van der Waals surface area contributed by atoms with Crippen molar-refractivity contribution in [2.75, 3.05) is 0 Å². The van der Waals surface area contributed by atoms with Crippen LogP contribution in [0.4, 0.5) is 25.2 Å². The van der Waals surface area contributed by atoms with Crippen molar-refractivity contribution in [1.82, 2.24) is 0 Å². The predicted octanol–water partition coefficient (Wildman–Crippen LogP) is 8.67. The molecule has 0 aromatic carbocycles. The summed E-state index contributed by atoms with van der Waals surface area (Å²) in [6.07, 6.45) is 20.1. The fourth-order valence-corrected chi connectivity index (χ4v) is 2.86. The molecule has 0 aliphatic heterocycles. The zero-order valence-corrected chi connectivity index (χ0v) is 17.5. The Bertz CT molecular complexity index is 372. The van der Waals surface area contributed by atoms with E-state index >= 15 is 0 Å². The molecule has 0 aliphatic rings. The van der Waals surface area contributed by atoms with Crippen LogP contribution in [0, 0.1) is 5.92 Å². The van der Waals surface area contributed by atoms with E-state index in [0.29, 0.717) is 12.0 Å². The van der Waals surface area contributed by atoms with E-state index in [1.165, 1.54) is 64.2 Å². The van der Waals surface area contributed by atoms with Crippen molar-refractivity contribution in [2.24, 2.45) is 5.92 Å². The number of hydrogen-bond acceptors (Lipinski definition) is 0. The minimum atomic E-state index is -10.7. The van der Waals surface area contributed by atoms with Crippen LogP contribution >= 0.6 is 7.81 Å². The number of rotatable bonds is 15. The van der Waals surface area contributed by atoms with Gasteiger partial charge in [0, 0.05) is 5.92 Å². The van der Waals surface area contributed by atoms with Crippen LogP contribution in [0.15, 0.2) is 25.3 Å². The second kappa shape index (κ2) is 12.8. The van der Waals surface area contributed by atoms with Crippen LogP contribution in [0.3, 0.4) is 0 Å². The van der Waals surface area contributed by atoms with Gasteiger partial charge in [0.05, 0.1) is 6.04 Å². The summed E-state index contributed by atoms with van der Waals surface area (Å²) in [5.74, 6) is 0.652. The molecule has 1 atom stereocenters. The van der Waals surface area contributed by atoms with Crippen LogP contribution in [0.2, 0.25) is 0 Å². The molecule has 0 saturated carbocycles. The molecule has 0 radical (unpaired) electrons. The van der Waals surface area contributed by atoms with Crippen molar-refractivity contribution >= 4 is 7.81 Å². The van der Waals surface area contributed by atoms with Crippen molar-refractivity contribution in [1.29, 1.82) is 0 Å². The Balaban J connectivity index is 0. The second-order valence-electron chi connectivity index (χ2n) is 7.14. The Morgan fingerprint density at radius 1 is 0.741 bits per heavy atom. The van der Waals surface area contributed by atoms with Gasteiger partial charge in [-0.05, 0) is 25.7 Å². The molecule has 1 nitrogen and oxygen atoms in total. The van der Waals surface area contributed by atoms with Crippen molar-refractivity contribution in [2.45, 2.75) is 90.0 Å². The van der Waals surface area contributed by atoms with Gasteiger partial charge in [0.25, 0.3) is 0 Å². The van der Waals surface area contributed by atoms with Crippen LogP contribution in [0.1, 0.15) is 84.0 Å². The Morgan fingerprint density at radius 2 is 1.07 bits per heavy atom. The molecule has 0 aromatic heterocycles. The second-order valence-corrected chi connectivity index (χ2v) is 9.06. The molecule has 8 heteroatoms. The third kappa shape index (κ3) is 33.5. The quantitative estimate of drug-likeness (QED) is 0.118. The molecule has 0 amide bonds. The first-order valence-corrected chi connectivity index (χ1v) is 11.8. The summed E-state index contributed by atoms with van der Waals surface area (Å²) >= 11 is 0. The molecule has 0 bridgehead atoms. The molecular formula is C19H38F6NP. The van der Waals surface area contributed by atoms with Gasteiger partial charge in [-0.1, -0.05) is 70.4 Å². The zero-order valence-electron chi connectivity index (χ0n) is 16.6. The molecule has 0 saturated heterocycles. The summed E-state index contributed by atoms with van der Waals surface area (Å²) in [5, 5.41) is 0. The Hall–Kier alpha value is -0.550. The topological polar surface area (TPSA) is 27.6 Å². The molecular weight excluding hydrogens is 387 g/mol. The molecule has 3 N–H and O–H groups in total. The molecule has 0 spiro atoms. The van der Waals surface area contributed by atoms with E-state index in [4.69, 9.17) is 0 Å². The Morgan fingerprint density at radius 3 is 1.41 bits per heavy atom. The summed E-state index contributed by atoms with van der Waals surface area (Å²) in [6.45, 7) is 9.99. The van der Waals surface area contributed by atoms with E-state index in [0.717, 1.165) is 12.8 Å². The number of hydrogen-bond donors (Lipinski definition) is 1. The SMILES string of the molecule is C=CCC(CC=C)C([NH3+])CCCCCCCCCCC.F[P-](F)(F)(F)(F)F. The summed E-state index contributed by atoms with van der Waals surface area (Å²) < 4.78 is 59.2. The maximum absolute atomic E-state index is 10.7.